The van der Waals surface area contributed by atoms with E-state index in [1.807, 2.05) is 0 Å². The van der Waals surface area contributed by atoms with E-state index in [2.05, 4.69) is 55.4 Å². The van der Waals surface area contributed by atoms with Crippen molar-refractivity contribution in [3.8, 4) is 0 Å². The van der Waals surface area contributed by atoms with Crippen LogP contribution in [-0.2, 0) is 40.8 Å². The van der Waals surface area contributed by atoms with Crippen LogP contribution in [0.25, 0.3) is 0 Å². The van der Waals surface area contributed by atoms with Crippen LogP contribution in [0.5, 0.6) is 0 Å². The zero-order valence-electron chi connectivity index (χ0n) is 28.8. The van der Waals surface area contributed by atoms with Crippen molar-refractivity contribution in [3.63, 3.8) is 0 Å². The number of halogens is 6. The number of unbranched alkanes of at least 4 members (excludes halogenated alkanes) is 8. The SMILES string of the molecule is CCCC[N+](CCCC)(CCCC)CCCC.CCCC[N+](CCCC)(CCCC)CCCC.[Cl-].[Cl-].[Cl-].[Cl-].[Cl-].[Cl-].[Pd+2].[Pd+2]. The van der Waals surface area contributed by atoms with Crippen molar-refractivity contribution < 1.29 is 124 Å². The smallest absolute Gasteiger partial charge is 1.00 e. The Morgan fingerprint density at radius 1 is 0.238 bits per heavy atom. The van der Waals surface area contributed by atoms with Gasteiger partial charge in [0.15, 0.2) is 0 Å². The molecule has 0 aromatic rings. The molecule has 0 saturated heterocycles. The minimum atomic E-state index is 0. The van der Waals surface area contributed by atoms with Gasteiger partial charge in [-0.05, 0) is 51.4 Å². The quantitative estimate of drug-likeness (QED) is 0.0669. The monoisotopic (exact) mass is 906 g/mol. The molecular formula is C32H72Cl6N2Pd2. The summed E-state index contributed by atoms with van der Waals surface area (Å²) in [5, 5.41) is 0. The summed E-state index contributed by atoms with van der Waals surface area (Å²) in [6, 6.07) is 0. The molecule has 10 heteroatoms. The fraction of sp³-hybridized carbons (Fsp3) is 1.00. The predicted octanol–water partition coefficient (Wildman–Crippen LogP) is -7.97. The molecule has 0 aliphatic heterocycles. The third-order valence-electron chi connectivity index (χ3n) is 7.89. The zero-order valence-corrected chi connectivity index (χ0v) is 36.4. The maximum atomic E-state index is 2.33. The maximum absolute atomic E-state index is 2.33. The second-order valence-corrected chi connectivity index (χ2v) is 11.3. The normalized spacial score (nSPS) is 9.71. The van der Waals surface area contributed by atoms with E-state index >= 15 is 0 Å². The summed E-state index contributed by atoms with van der Waals surface area (Å²) in [6.07, 6.45) is 22.1. The molecule has 0 fully saturated rings. The van der Waals surface area contributed by atoms with E-state index in [1.165, 1.54) is 164 Å². The Morgan fingerprint density at radius 3 is 0.405 bits per heavy atom. The first-order valence-corrected chi connectivity index (χ1v) is 16.2. The molecule has 0 bridgehead atoms. The van der Waals surface area contributed by atoms with Crippen LogP contribution < -0.4 is 74.4 Å². The molecule has 0 spiro atoms. The minimum Gasteiger partial charge on any atom is -1.00 e. The number of nitrogens with zero attached hydrogens (tertiary/aromatic N) is 2. The zero-order chi connectivity index (χ0) is 26.0. The Bertz CT molecular complexity index is 304. The van der Waals surface area contributed by atoms with E-state index in [9.17, 15) is 0 Å². The van der Waals surface area contributed by atoms with Crippen LogP contribution >= 0.6 is 0 Å². The Morgan fingerprint density at radius 2 is 0.333 bits per heavy atom. The van der Waals surface area contributed by atoms with Crippen molar-refractivity contribution in [2.24, 2.45) is 0 Å². The molecule has 0 amide bonds. The van der Waals surface area contributed by atoms with Crippen molar-refractivity contribution >= 4 is 0 Å². The van der Waals surface area contributed by atoms with Gasteiger partial charge in [-0.15, -0.1) is 0 Å². The van der Waals surface area contributed by atoms with Crippen LogP contribution in [0.2, 0.25) is 0 Å². The molecule has 0 unspecified atom stereocenters. The molecule has 0 aliphatic rings. The summed E-state index contributed by atoms with van der Waals surface area (Å²) in [6.45, 7) is 30.0. The number of quaternary nitrogens is 2. The molecule has 2 nitrogen and oxygen atoms in total. The van der Waals surface area contributed by atoms with Crippen LogP contribution in [0.4, 0.5) is 0 Å². The Kier molecular flexibility index (Phi) is 90.5. The fourth-order valence-corrected chi connectivity index (χ4v) is 5.29. The van der Waals surface area contributed by atoms with Crippen LogP contribution in [0.3, 0.4) is 0 Å². The van der Waals surface area contributed by atoms with Crippen molar-refractivity contribution in [3.05, 3.63) is 0 Å². The molecule has 0 saturated carbocycles. The Hall–Kier alpha value is 2.98. The van der Waals surface area contributed by atoms with Crippen LogP contribution in [-0.4, -0.2) is 61.3 Å². The van der Waals surface area contributed by atoms with Crippen molar-refractivity contribution in [1.29, 1.82) is 0 Å². The van der Waals surface area contributed by atoms with Gasteiger partial charge in [0.1, 0.15) is 0 Å². The molecule has 0 radical (unpaired) electrons. The second-order valence-electron chi connectivity index (χ2n) is 11.3. The van der Waals surface area contributed by atoms with Gasteiger partial charge >= 0.3 is 40.8 Å². The molecule has 0 N–H and O–H groups in total. The largest absolute Gasteiger partial charge is 2.00 e. The molecular weight excluding hydrogens is 838 g/mol. The van der Waals surface area contributed by atoms with Crippen LogP contribution in [0, 0.1) is 0 Å². The second kappa shape index (κ2) is 53.5. The Balaban J connectivity index is -0.0000000512. The fourth-order valence-electron chi connectivity index (χ4n) is 5.29. The first-order valence-electron chi connectivity index (χ1n) is 16.2. The first kappa shape index (κ1) is 71.1. The van der Waals surface area contributed by atoms with Gasteiger partial charge in [-0.2, -0.15) is 0 Å². The summed E-state index contributed by atoms with van der Waals surface area (Å²) >= 11 is 0. The summed E-state index contributed by atoms with van der Waals surface area (Å²) in [4.78, 5) is 0. The number of rotatable bonds is 24. The summed E-state index contributed by atoms with van der Waals surface area (Å²) in [5.74, 6) is 0. The number of hydrogen-bond acceptors (Lipinski definition) is 0. The van der Waals surface area contributed by atoms with E-state index in [1.54, 1.807) is 0 Å². The van der Waals surface area contributed by atoms with E-state index < -0.39 is 0 Å². The van der Waals surface area contributed by atoms with Gasteiger partial charge in [0.2, 0.25) is 0 Å². The van der Waals surface area contributed by atoms with E-state index in [-0.39, 0.29) is 115 Å². The first-order chi connectivity index (χ1) is 16.5. The molecule has 42 heavy (non-hydrogen) atoms. The third-order valence-corrected chi connectivity index (χ3v) is 7.89. The molecule has 0 aliphatic carbocycles. The van der Waals surface area contributed by atoms with Crippen LogP contribution in [0.1, 0.15) is 158 Å². The summed E-state index contributed by atoms with van der Waals surface area (Å²) in [7, 11) is 0. The summed E-state index contributed by atoms with van der Waals surface area (Å²) < 4.78 is 2.84. The average molecular weight is 911 g/mol. The van der Waals surface area contributed by atoms with Gasteiger partial charge < -0.3 is 83.4 Å². The maximum Gasteiger partial charge on any atom is 2.00 e. The number of hydrogen-bond donors (Lipinski definition) is 0. The molecule has 0 aromatic heterocycles. The predicted molar refractivity (Wildman–Crippen MR) is 159 cm³/mol. The standard InChI is InChI=1S/2C16H36N.6ClH.2Pd/c2*1-5-9-13-17(14-10-6-2,15-11-7-3)16-12-8-4;;;;;;;;/h2*5-16H2,1-4H3;6*1H;;/q2*+1;;;;;;;2*+2/p-6. The average Bonchev–Trinajstić information content (AvgIpc) is 2.87. The topological polar surface area (TPSA) is 0 Å². The van der Waals surface area contributed by atoms with Crippen molar-refractivity contribution in [2.45, 2.75) is 158 Å². The summed E-state index contributed by atoms with van der Waals surface area (Å²) in [5.41, 5.74) is 0. The van der Waals surface area contributed by atoms with Gasteiger partial charge in [-0.1, -0.05) is 107 Å². The molecule has 0 rings (SSSR count). The Labute approximate surface area is 331 Å². The molecule has 0 heterocycles. The molecule has 0 aromatic carbocycles. The van der Waals surface area contributed by atoms with E-state index in [0.717, 1.165) is 0 Å². The van der Waals surface area contributed by atoms with Gasteiger partial charge in [0.05, 0.1) is 52.4 Å². The van der Waals surface area contributed by atoms with Gasteiger partial charge in [-0.3, -0.25) is 0 Å². The van der Waals surface area contributed by atoms with Crippen molar-refractivity contribution in [1.82, 2.24) is 0 Å². The molecule has 0 atom stereocenters. The van der Waals surface area contributed by atoms with Crippen LogP contribution in [0.15, 0.2) is 0 Å². The van der Waals surface area contributed by atoms with E-state index in [0.29, 0.717) is 0 Å². The third kappa shape index (κ3) is 41.0. The van der Waals surface area contributed by atoms with Gasteiger partial charge in [-0.25, -0.2) is 0 Å². The van der Waals surface area contributed by atoms with Crippen molar-refractivity contribution in [2.75, 3.05) is 52.4 Å². The van der Waals surface area contributed by atoms with Gasteiger partial charge in [0, 0.05) is 0 Å². The van der Waals surface area contributed by atoms with Gasteiger partial charge in [0.25, 0.3) is 0 Å². The minimum absolute atomic E-state index is 0. The van der Waals surface area contributed by atoms with E-state index in [4.69, 9.17) is 0 Å². The molecule has 272 valence electrons.